The van der Waals surface area contributed by atoms with Crippen molar-refractivity contribution in [1.29, 1.82) is 0 Å². The zero-order valence-corrected chi connectivity index (χ0v) is 12.1. The Morgan fingerprint density at radius 2 is 2.24 bits per heavy atom. The molecule has 1 aromatic carbocycles. The number of amides is 1. The molecule has 0 aliphatic carbocycles. The molecule has 7 heteroatoms. The highest BCUT2D eigenvalue weighted by atomic mass is 19.1. The minimum absolute atomic E-state index is 0.00471. The number of rotatable bonds is 3. The van der Waals surface area contributed by atoms with E-state index in [4.69, 9.17) is 0 Å². The van der Waals surface area contributed by atoms with E-state index in [0.717, 1.165) is 44.1 Å². The molecule has 0 radical (unpaired) electrons. The monoisotopic (exact) mass is 295 g/mol. The summed E-state index contributed by atoms with van der Waals surface area (Å²) < 4.78 is 13.8. The maximum Gasteiger partial charge on any atom is 0.270 e. The van der Waals surface area contributed by atoms with Gasteiger partial charge < -0.3 is 9.80 Å². The number of nitrogens with zero attached hydrogens (tertiary/aromatic N) is 3. The number of nitro benzene ring substituents is 1. The standard InChI is InChI=1S/C14H18FN3O3/c1-16-7-3-4-11(9-16)17(2)14(19)12-8-10(18(20)21)5-6-13(12)15/h5-6,8,11H,3-4,7,9H2,1-2H3. The van der Waals surface area contributed by atoms with Crippen LogP contribution in [0.4, 0.5) is 10.1 Å². The van der Waals surface area contributed by atoms with E-state index in [9.17, 15) is 19.3 Å². The molecule has 1 aliphatic rings. The van der Waals surface area contributed by atoms with Crippen LogP contribution in [0.2, 0.25) is 0 Å². The second-order valence-corrected chi connectivity index (χ2v) is 5.40. The fourth-order valence-corrected chi connectivity index (χ4v) is 2.60. The molecule has 21 heavy (non-hydrogen) atoms. The average molecular weight is 295 g/mol. The van der Waals surface area contributed by atoms with E-state index in [-0.39, 0.29) is 17.3 Å². The molecule has 1 amide bonds. The number of likely N-dealkylation sites (tertiary alicyclic amines) is 1. The number of non-ortho nitro benzene ring substituents is 1. The van der Waals surface area contributed by atoms with Crippen molar-refractivity contribution in [2.24, 2.45) is 0 Å². The summed E-state index contributed by atoms with van der Waals surface area (Å²) in [6, 6.07) is 3.02. The number of nitro groups is 1. The first-order chi connectivity index (χ1) is 9.90. The van der Waals surface area contributed by atoms with E-state index in [2.05, 4.69) is 4.90 Å². The van der Waals surface area contributed by atoms with E-state index in [0.29, 0.717) is 0 Å². The number of piperidine rings is 1. The smallest absolute Gasteiger partial charge is 0.270 e. The first kappa shape index (κ1) is 15.4. The van der Waals surface area contributed by atoms with E-state index >= 15 is 0 Å². The summed E-state index contributed by atoms with van der Waals surface area (Å²) in [7, 11) is 3.59. The summed E-state index contributed by atoms with van der Waals surface area (Å²) in [5.41, 5.74) is -0.533. The van der Waals surface area contributed by atoms with Gasteiger partial charge in [-0.3, -0.25) is 14.9 Å². The highest BCUT2D eigenvalue weighted by Gasteiger charge is 2.27. The molecule has 1 saturated heterocycles. The van der Waals surface area contributed by atoms with Gasteiger partial charge in [0, 0.05) is 31.8 Å². The Bertz CT molecular complexity index is 564. The Labute approximate surface area is 122 Å². The van der Waals surface area contributed by atoms with E-state index < -0.39 is 16.6 Å². The van der Waals surface area contributed by atoms with E-state index in [1.807, 2.05) is 7.05 Å². The average Bonchev–Trinajstić information content (AvgIpc) is 2.46. The van der Waals surface area contributed by atoms with Gasteiger partial charge in [0.1, 0.15) is 5.82 Å². The molecule has 0 aromatic heterocycles. The number of halogens is 1. The lowest BCUT2D eigenvalue weighted by Gasteiger charge is -2.35. The zero-order chi connectivity index (χ0) is 15.6. The normalized spacial score (nSPS) is 19.3. The summed E-state index contributed by atoms with van der Waals surface area (Å²) in [4.78, 5) is 26.1. The SMILES string of the molecule is CN1CCCC(N(C)C(=O)c2cc([N+](=O)[O-])ccc2F)C1. The van der Waals surface area contributed by atoms with Crippen molar-refractivity contribution < 1.29 is 14.1 Å². The van der Waals surface area contributed by atoms with Crippen molar-refractivity contribution in [3.8, 4) is 0 Å². The second kappa shape index (κ2) is 6.17. The van der Waals surface area contributed by atoms with Crippen LogP contribution < -0.4 is 0 Å². The summed E-state index contributed by atoms with van der Waals surface area (Å²) in [6.07, 6.45) is 1.82. The Hall–Kier alpha value is -2.02. The van der Waals surface area contributed by atoms with Crippen LogP contribution in [0, 0.1) is 15.9 Å². The van der Waals surface area contributed by atoms with Crippen LogP contribution in [0.15, 0.2) is 18.2 Å². The predicted molar refractivity (Wildman–Crippen MR) is 75.7 cm³/mol. The molecule has 114 valence electrons. The molecule has 1 heterocycles. The predicted octanol–water partition coefficient (Wildman–Crippen LogP) is 1.90. The van der Waals surface area contributed by atoms with Crippen LogP contribution in [-0.2, 0) is 0 Å². The van der Waals surface area contributed by atoms with E-state index in [1.165, 1.54) is 4.90 Å². The first-order valence-electron chi connectivity index (χ1n) is 6.80. The molecule has 0 N–H and O–H groups in total. The fourth-order valence-electron chi connectivity index (χ4n) is 2.60. The molecule has 0 saturated carbocycles. The maximum atomic E-state index is 13.8. The molecule has 6 nitrogen and oxygen atoms in total. The summed E-state index contributed by atoms with van der Waals surface area (Å²) >= 11 is 0. The van der Waals surface area contributed by atoms with Crippen molar-refractivity contribution in [3.05, 3.63) is 39.7 Å². The molecule has 2 rings (SSSR count). The fraction of sp³-hybridized carbons (Fsp3) is 0.500. The number of carbonyl (C=O) groups excluding carboxylic acids is 1. The van der Waals surface area contributed by atoms with Crippen LogP contribution in [0.3, 0.4) is 0 Å². The van der Waals surface area contributed by atoms with Crippen molar-refractivity contribution >= 4 is 11.6 Å². The lowest BCUT2D eigenvalue weighted by molar-refractivity contribution is -0.384. The summed E-state index contributed by atoms with van der Waals surface area (Å²) in [5, 5.41) is 10.8. The lowest BCUT2D eigenvalue weighted by atomic mass is 10.0. The Morgan fingerprint density at radius 1 is 1.52 bits per heavy atom. The molecular weight excluding hydrogens is 277 g/mol. The van der Waals surface area contributed by atoms with Crippen molar-refractivity contribution in [2.75, 3.05) is 27.2 Å². The Kier molecular flexibility index (Phi) is 4.52. The van der Waals surface area contributed by atoms with Gasteiger partial charge in [0.2, 0.25) is 0 Å². The minimum atomic E-state index is -0.735. The molecule has 1 unspecified atom stereocenters. The van der Waals surface area contributed by atoms with E-state index in [1.54, 1.807) is 7.05 Å². The molecule has 0 spiro atoms. The van der Waals surface area contributed by atoms with Crippen molar-refractivity contribution in [2.45, 2.75) is 18.9 Å². The molecule has 1 aliphatic heterocycles. The lowest BCUT2D eigenvalue weighted by Crippen LogP contribution is -2.47. The van der Waals surface area contributed by atoms with Crippen LogP contribution in [0.5, 0.6) is 0 Å². The number of carbonyl (C=O) groups is 1. The van der Waals surface area contributed by atoms with Crippen molar-refractivity contribution in [3.63, 3.8) is 0 Å². The molecule has 1 aromatic rings. The quantitative estimate of drug-likeness (QED) is 0.631. The third-order valence-corrected chi connectivity index (χ3v) is 3.86. The molecular formula is C14H18FN3O3. The Balaban J connectivity index is 2.22. The van der Waals surface area contributed by atoms with Crippen molar-refractivity contribution in [1.82, 2.24) is 9.80 Å². The maximum absolute atomic E-state index is 13.8. The van der Waals surface area contributed by atoms with Crippen LogP contribution in [0.25, 0.3) is 0 Å². The molecule has 1 atom stereocenters. The van der Waals surface area contributed by atoms with Gasteiger partial charge in [-0.05, 0) is 32.5 Å². The molecule has 1 fully saturated rings. The number of hydrogen-bond acceptors (Lipinski definition) is 4. The largest absolute Gasteiger partial charge is 0.337 e. The highest BCUT2D eigenvalue weighted by Crippen LogP contribution is 2.21. The van der Waals surface area contributed by atoms with Gasteiger partial charge in [0.05, 0.1) is 10.5 Å². The first-order valence-corrected chi connectivity index (χ1v) is 6.80. The zero-order valence-electron chi connectivity index (χ0n) is 12.1. The third kappa shape index (κ3) is 3.36. The summed E-state index contributed by atoms with van der Waals surface area (Å²) in [5.74, 6) is -1.25. The van der Waals surface area contributed by atoms with Crippen LogP contribution >= 0.6 is 0 Å². The highest BCUT2D eigenvalue weighted by molar-refractivity contribution is 5.95. The van der Waals surface area contributed by atoms with Crippen LogP contribution in [-0.4, -0.2) is 53.9 Å². The van der Waals surface area contributed by atoms with Gasteiger partial charge in [0.15, 0.2) is 0 Å². The van der Waals surface area contributed by atoms with Gasteiger partial charge in [-0.15, -0.1) is 0 Å². The number of likely N-dealkylation sites (N-methyl/N-ethyl adjacent to an activating group) is 2. The van der Waals surface area contributed by atoms with Gasteiger partial charge in [-0.2, -0.15) is 0 Å². The minimum Gasteiger partial charge on any atom is -0.337 e. The second-order valence-electron chi connectivity index (χ2n) is 5.40. The van der Waals surface area contributed by atoms with Gasteiger partial charge in [-0.1, -0.05) is 0 Å². The number of benzene rings is 1. The van der Waals surface area contributed by atoms with Crippen LogP contribution in [0.1, 0.15) is 23.2 Å². The number of hydrogen-bond donors (Lipinski definition) is 0. The molecule has 0 bridgehead atoms. The van der Waals surface area contributed by atoms with Gasteiger partial charge in [-0.25, -0.2) is 4.39 Å². The Morgan fingerprint density at radius 3 is 2.86 bits per heavy atom. The summed E-state index contributed by atoms with van der Waals surface area (Å²) in [6.45, 7) is 1.70. The third-order valence-electron chi connectivity index (χ3n) is 3.86. The topological polar surface area (TPSA) is 66.7 Å². The van der Waals surface area contributed by atoms with Gasteiger partial charge >= 0.3 is 0 Å². The van der Waals surface area contributed by atoms with Gasteiger partial charge in [0.25, 0.3) is 11.6 Å².